The Balaban J connectivity index is 1.97. The third kappa shape index (κ3) is 3.85. The number of hydrogen-bond acceptors (Lipinski definition) is 4. The Morgan fingerprint density at radius 3 is 2.20 bits per heavy atom. The first kappa shape index (κ1) is 20.9. The Morgan fingerprint density at radius 2 is 1.57 bits per heavy atom. The molecule has 0 unspecified atom stereocenters. The van der Waals surface area contributed by atoms with Gasteiger partial charge >= 0.3 is 0 Å². The van der Waals surface area contributed by atoms with Gasteiger partial charge in [0.1, 0.15) is 0 Å². The van der Waals surface area contributed by atoms with E-state index in [9.17, 15) is 0 Å². The zero-order valence-electron chi connectivity index (χ0n) is 16.9. The molecule has 30 heavy (non-hydrogen) atoms. The lowest BCUT2D eigenvalue weighted by Gasteiger charge is -2.11. The predicted molar refractivity (Wildman–Crippen MR) is 121 cm³/mol. The molecule has 0 amide bonds. The van der Waals surface area contributed by atoms with Crippen molar-refractivity contribution in [2.45, 2.75) is 33.1 Å². The first-order valence-corrected chi connectivity index (χ1v) is 10.4. The van der Waals surface area contributed by atoms with Crippen LogP contribution in [-0.2, 0) is 5.41 Å². The lowest BCUT2D eigenvalue weighted by molar-refractivity contribution is 0.398. The van der Waals surface area contributed by atoms with E-state index in [0.717, 1.165) is 16.8 Å². The van der Waals surface area contributed by atoms with Crippen LogP contribution in [0.2, 0.25) is 15.1 Å². The second-order valence-electron chi connectivity index (χ2n) is 8.00. The second kappa shape index (κ2) is 7.73. The average Bonchev–Trinajstić information content (AvgIpc) is 3.29. The van der Waals surface area contributed by atoms with Crippen LogP contribution in [0.25, 0.3) is 28.5 Å². The van der Waals surface area contributed by atoms with Crippen LogP contribution < -0.4 is 0 Å². The molecule has 0 aliphatic heterocycles. The average molecular weight is 462 g/mol. The van der Waals surface area contributed by atoms with E-state index in [2.05, 4.69) is 10.2 Å². The summed E-state index contributed by atoms with van der Waals surface area (Å²) in [6, 6.07) is 12.8. The van der Waals surface area contributed by atoms with Crippen molar-refractivity contribution in [1.82, 2.24) is 20.0 Å². The van der Waals surface area contributed by atoms with Crippen LogP contribution >= 0.6 is 34.8 Å². The largest absolute Gasteiger partial charge is 0.419 e. The monoisotopic (exact) mass is 460 g/mol. The van der Waals surface area contributed by atoms with Gasteiger partial charge in [0.2, 0.25) is 5.89 Å². The first-order chi connectivity index (χ1) is 14.1. The van der Waals surface area contributed by atoms with Crippen LogP contribution in [0.1, 0.15) is 32.2 Å². The van der Waals surface area contributed by atoms with Crippen LogP contribution in [0.15, 0.2) is 46.9 Å². The fourth-order valence-electron chi connectivity index (χ4n) is 3.09. The maximum atomic E-state index is 6.49. The van der Waals surface area contributed by atoms with E-state index in [4.69, 9.17) is 44.3 Å². The minimum absolute atomic E-state index is 0.267. The van der Waals surface area contributed by atoms with Gasteiger partial charge in [-0.15, -0.1) is 10.2 Å². The Morgan fingerprint density at radius 1 is 0.900 bits per heavy atom. The lowest BCUT2D eigenvalue weighted by atomic mass is 9.97. The third-order valence-corrected chi connectivity index (χ3v) is 5.45. The fourth-order valence-corrected chi connectivity index (χ4v) is 3.58. The summed E-state index contributed by atoms with van der Waals surface area (Å²) in [5, 5.41) is 15.0. The van der Waals surface area contributed by atoms with Crippen LogP contribution in [0.4, 0.5) is 0 Å². The van der Waals surface area contributed by atoms with E-state index < -0.39 is 0 Å². The molecule has 0 saturated heterocycles. The summed E-state index contributed by atoms with van der Waals surface area (Å²) in [6.07, 6.45) is 0. The fraction of sp³-hybridized carbons (Fsp3) is 0.227. The van der Waals surface area contributed by atoms with Crippen LogP contribution in [0, 0.1) is 6.92 Å². The van der Waals surface area contributed by atoms with Gasteiger partial charge < -0.3 is 4.42 Å². The second-order valence-corrected chi connectivity index (χ2v) is 9.28. The molecule has 0 aliphatic carbocycles. The summed E-state index contributed by atoms with van der Waals surface area (Å²) >= 11 is 18.8. The molecule has 4 aromatic rings. The van der Waals surface area contributed by atoms with Gasteiger partial charge in [0, 0.05) is 26.6 Å². The van der Waals surface area contributed by atoms with Crippen molar-refractivity contribution in [2.24, 2.45) is 0 Å². The zero-order chi connectivity index (χ0) is 21.6. The molecule has 2 aromatic heterocycles. The van der Waals surface area contributed by atoms with E-state index in [1.807, 2.05) is 52.0 Å². The molecule has 0 N–H and O–H groups in total. The Hall–Kier alpha value is -2.34. The maximum absolute atomic E-state index is 6.49. The Kier molecular flexibility index (Phi) is 5.39. The molecule has 0 radical (unpaired) electrons. The molecular formula is C22H19Cl3N4O. The van der Waals surface area contributed by atoms with Gasteiger partial charge in [-0.05, 0) is 37.3 Å². The molecule has 8 heteroatoms. The van der Waals surface area contributed by atoms with Crippen molar-refractivity contribution < 1.29 is 4.42 Å². The normalized spacial score (nSPS) is 11.8. The third-order valence-electron chi connectivity index (χ3n) is 4.65. The van der Waals surface area contributed by atoms with E-state index in [1.165, 1.54) is 0 Å². The van der Waals surface area contributed by atoms with Gasteiger partial charge in [-0.3, -0.25) is 0 Å². The topological polar surface area (TPSA) is 56.7 Å². The van der Waals surface area contributed by atoms with E-state index in [0.29, 0.717) is 38.2 Å². The molecule has 2 aromatic carbocycles. The van der Waals surface area contributed by atoms with Gasteiger partial charge in [0.05, 0.1) is 16.4 Å². The predicted octanol–water partition coefficient (Wildman–Crippen LogP) is 7.16. The highest BCUT2D eigenvalue weighted by atomic mass is 35.5. The number of hydrogen-bond donors (Lipinski definition) is 0. The minimum atomic E-state index is -0.267. The van der Waals surface area contributed by atoms with Crippen LogP contribution in [0.5, 0.6) is 0 Å². The van der Waals surface area contributed by atoms with Crippen LogP contribution in [0.3, 0.4) is 0 Å². The van der Waals surface area contributed by atoms with Crippen molar-refractivity contribution in [3.63, 3.8) is 0 Å². The Labute approximate surface area is 189 Å². The van der Waals surface area contributed by atoms with Crippen molar-refractivity contribution in [3.8, 4) is 28.5 Å². The highest BCUT2D eigenvalue weighted by molar-refractivity contribution is 6.34. The zero-order valence-corrected chi connectivity index (χ0v) is 19.1. The van der Waals surface area contributed by atoms with Gasteiger partial charge in [0.25, 0.3) is 5.89 Å². The minimum Gasteiger partial charge on any atom is -0.419 e. The molecule has 0 aliphatic rings. The molecule has 154 valence electrons. The lowest BCUT2D eigenvalue weighted by Crippen LogP contribution is -2.11. The molecule has 2 heterocycles. The highest BCUT2D eigenvalue weighted by Gasteiger charge is 2.26. The van der Waals surface area contributed by atoms with E-state index in [1.54, 1.807) is 22.9 Å². The highest BCUT2D eigenvalue weighted by Crippen LogP contribution is 2.36. The summed E-state index contributed by atoms with van der Waals surface area (Å²) in [5.41, 5.74) is 3.59. The van der Waals surface area contributed by atoms with Gasteiger partial charge in [-0.1, -0.05) is 67.7 Å². The molecule has 0 bridgehead atoms. The summed E-state index contributed by atoms with van der Waals surface area (Å²) in [7, 11) is 0. The molecule has 0 saturated carbocycles. The molecule has 0 spiro atoms. The number of halogens is 3. The van der Waals surface area contributed by atoms with Gasteiger partial charge in [-0.25, -0.2) is 4.68 Å². The standard InChI is InChI=1S/C22H19Cl3N4O/c1-12-18(20-26-27-21(30-20)22(2,3)4)28-29(17-11-15(24)9-10-16(17)25)19(12)13-5-7-14(23)8-6-13/h5-11H,1-4H3. The molecule has 0 atom stereocenters. The van der Waals surface area contributed by atoms with Gasteiger partial charge in [-0.2, -0.15) is 5.10 Å². The van der Waals surface area contributed by atoms with Crippen molar-refractivity contribution in [3.05, 3.63) is 69.0 Å². The summed E-state index contributed by atoms with van der Waals surface area (Å²) in [5.74, 6) is 0.893. The maximum Gasteiger partial charge on any atom is 0.268 e. The number of nitrogens with zero attached hydrogens (tertiary/aromatic N) is 4. The SMILES string of the molecule is Cc1c(-c2nnc(C(C)(C)C)o2)nn(-c2cc(Cl)ccc2Cl)c1-c1ccc(Cl)cc1. The van der Waals surface area contributed by atoms with Crippen LogP contribution in [-0.4, -0.2) is 20.0 Å². The Bertz CT molecular complexity index is 1220. The molecular weight excluding hydrogens is 443 g/mol. The number of benzene rings is 2. The summed E-state index contributed by atoms with van der Waals surface area (Å²) in [4.78, 5) is 0. The quantitative estimate of drug-likeness (QED) is 0.325. The first-order valence-electron chi connectivity index (χ1n) is 9.30. The number of aromatic nitrogens is 4. The molecule has 0 fully saturated rings. The molecule has 4 rings (SSSR count). The summed E-state index contributed by atoms with van der Waals surface area (Å²) in [6.45, 7) is 8.00. The number of rotatable bonds is 3. The van der Waals surface area contributed by atoms with Crippen molar-refractivity contribution >= 4 is 34.8 Å². The smallest absolute Gasteiger partial charge is 0.268 e. The molecule has 5 nitrogen and oxygen atoms in total. The van der Waals surface area contributed by atoms with Crippen molar-refractivity contribution in [2.75, 3.05) is 0 Å². The van der Waals surface area contributed by atoms with E-state index in [-0.39, 0.29) is 5.41 Å². The van der Waals surface area contributed by atoms with Gasteiger partial charge in [0.15, 0.2) is 5.69 Å². The van der Waals surface area contributed by atoms with Crippen molar-refractivity contribution in [1.29, 1.82) is 0 Å². The van der Waals surface area contributed by atoms with E-state index >= 15 is 0 Å². The summed E-state index contributed by atoms with van der Waals surface area (Å²) < 4.78 is 7.70.